The van der Waals surface area contributed by atoms with E-state index in [1.807, 2.05) is 0 Å². The lowest BCUT2D eigenvalue weighted by molar-refractivity contribution is -0.187. The van der Waals surface area contributed by atoms with Gasteiger partial charge in [0.05, 0.1) is 11.1 Å². The summed E-state index contributed by atoms with van der Waals surface area (Å²) in [4.78, 5) is 10.9. The highest BCUT2D eigenvalue weighted by molar-refractivity contribution is 6.30. The van der Waals surface area contributed by atoms with Crippen molar-refractivity contribution in [1.82, 2.24) is 0 Å². The summed E-state index contributed by atoms with van der Waals surface area (Å²) in [5.41, 5.74) is -2.71. The van der Waals surface area contributed by atoms with Crippen LogP contribution < -0.4 is 4.74 Å². The molecule has 0 aromatic heterocycles. The molecule has 0 amide bonds. The number of ether oxygens (including phenoxy) is 1. The van der Waals surface area contributed by atoms with Crippen molar-refractivity contribution in [3.63, 3.8) is 0 Å². The first-order valence-corrected chi connectivity index (χ1v) is 5.69. The highest BCUT2D eigenvalue weighted by Crippen LogP contribution is 2.43. The van der Waals surface area contributed by atoms with Crippen LogP contribution in [0.1, 0.15) is 18.9 Å². The van der Waals surface area contributed by atoms with Gasteiger partial charge in [0.1, 0.15) is 7.12 Å². The number of benzene rings is 1. The molecule has 0 bridgehead atoms. The Hall–Kier alpha value is -1.83. The minimum atomic E-state index is -5.13. The van der Waals surface area contributed by atoms with Crippen molar-refractivity contribution in [3.8, 4) is 5.75 Å². The van der Waals surface area contributed by atoms with Crippen molar-refractivity contribution < 1.29 is 38.0 Å². The Bertz CT molecular complexity index is 666. The highest BCUT2D eigenvalue weighted by atomic mass is 35.5. The predicted molar refractivity (Wildman–Crippen MR) is 62.5 cm³/mol. The number of halogens is 6. The fraction of sp³-hybridized carbons (Fsp3) is 0.250. The van der Waals surface area contributed by atoms with Crippen LogP contribution in [0.2, 0.25) is 5.02 Å². The van der Waals surface area contributed by atoms with Gasteiger partial charge in [0.2, 0.25) is 6.10 Å². The van der Waals surface area contributed by atoms with Crippen LogP contribution in [0.25, 0.3) is 6.08 Å². The van der Waals surface area contributed by atoms with Gasteiger partial charge in [0.25, 0.3) is 6.40 Å². The van der Waals surface area contributed by atoms with Crippen LogP contribution in [0.3, 0.4) is 0 Å². The van der Waals surface area contributed by atoms with E-state index in [4.69, 9.17) is 18.1 Å². The Labute approximate surface area is 121 Å². The molecule has 3 nitrogen and oxygen atoms in total. The molecular weight excluding hydrogens is 323 g/mol. The third-order valence-corrected chi connectivity index (χ3v) is 2.88. The molecule has 0 radical (unpaired) electrons. The molecule has 1 aliphatic heterocycles. The first kappa shape index (κ1) is 14.1. The average molecular weight is 330 g/mol. The van der Waals surface area contributed by atoms with Gasteiger partial charge in [0, 0.05) is 10.6 Å². The minimum absolute atomic E-state index is 0.296. The fourth-order valence-corrected chi connectivity index (χ4v) is 2.06. The molecule has 21 heavy (non-hydrogen) atoms. The summed E-state index contributed by atoms with van der Waals surface area (Å²) in [6, 6.07) is 1.57. The summed E-state index contributed by atoms with van der Waals surface area (Å²) in [6.07, 6.45) is -11.8. The molecule has 1 heterocycles. The first-order valence-electron chi connectivity index (χ1n) is 5.81. The zero-order valence-electron chi connectivity index (χ0n) is 10.8. The number of aliphatic carboxylic acids is 1. The SMILES string of the molecule is [2H]C(F)(F)c1cc(Cl)cc2c1O[C@H](C(F)(F)F)C(C(=O)O)=C2. The maximum absolute atomic E-state index is 13.2. The largest absolute Gasteiger partial charge is 0.478 e. The molecular formula is C12H6ClF5O3. The normalized spacial score (nSPS) is 19.2. The third-order valence-electron chi connectivity index (χ3n) is 2.66. The summed E-state index contributed by atoms with van der Waals surface area (Å²) in [7, 11) is 0. The maximum Gasteiger partial charge on any atom is 0.430 e. The third kappa shape index (κ3) is 2.94. The van der Waals surface area contributed by atoms with Crippen LogP contribution in [-0.2, 0) is 4.79 Å². The Morgan fingerprint density at radius 3 is 2.52 bits per heavy atom. The van der Waals surface area contributed by atoms with Crippen LogP contribution in [0.5, 0.6) is 5.75 Å². The zero-order chi connectivity index (χ0) is 16.9. The Balaban J connectivity index is 2.71. The van der Waals surface area contributed by atoms with Crippen molar-refractivity contribution in [1.29, 1.82) is 0 Å². The molecule has 0 saturated heterocycles. The molecule has 1 aromatic rings. The van der Waals surface area contributed by atoms with Gasteiger partial charge in [-0.1, -0.05) is 11.6 Å². The molecule has 114 valence electrons. The second kappa shape index (κ2) is 5.18. The number of fused-ring (bicyclic) bond motifs is 1. The van der Waals surface area contributed by atoms with Gasteiger partial charge in [-0.2, -0.15) is 13.2 Å². The summed E-state index contributed by atoms with van der Waals surface area (Å²) >= 11 is 5.57. The summed E-state index contributed by atoms with van der Waals surface area (Å²) in [5.74, 6) is -2.83. The van der Waals surface area contributed by atoms with Gasteiger partial charge in [-0.3, -0.25) is 0 Å². The quantitative estimate of drug-likeness (QED) is 0.832. The number of carboxylic acid groups (broad SMARTS) is 1. The van der Waals surface area contributed by atoms with Crippen molar-refractivity contribution >= 4 is 23.6 Å². The van der Waals surface area contributed by atoms with Gasteiger partial charge in [-0.25, -0.2) is 13.6 Å². The van der Waals surface area contributed by atoms with E-state index in [0.717, 1.165) is 6.07 Å². The van der Waals surface area contributed by atoms with E-state index in [9.17, 15) is 26.7 Å². The lowest BCUT2D eigenvalue weighted by Crippen LogP contribution is -2.40. The van der Waals surface area contributed by atoms with Crippen molar-refractivity contribution in [3.05, 3.63) is 33.9 Å². The molecule has 0 aliphatic carbocycles. The molecule has 2 rings (SSSR count). The van der Waals surface area contributed by atoms with E-state index in [2.05, 4.69) is 4.74 Å². The maximum atomic E-state index is 13.2. The average Bonchev–Trinajstić information content (AvgIpc) is 2.33. The predicted octanol–water partition coefficient (Wildman–Crippen LogP) is 4.07. The highest BCUT2D eigenvalue weighted by Gasteiger charge is 2.49. The van der Waals surface area contributed by atoms with E-state index in [0.29, 0.717) is 12.1 Å². The zero-order valence-corrected chi connectivity index (χ0v) is 10.6. The second-order valence-electron chi connectivity index (χ2n) is 4.08. The fourth-order valence-electron chi connectivity index (χ4n) is 1.84. The Morgan fingerprint density at radius 1 is 1.43 bits per heavy atom. The lowest BCUT2D eigenvalue weighted by Gasteiger charge is -2.28. The molecule has 0 fully saturated rings. The van der Waals surface area contributed by atoms with E-state index < -0.39 is 41.5 Å². The number of carboxylic acids is 1. The number of hydrogen-bond donors (Lipinski definition) is 1. The molecule has 1 N–H and O–H groups in total. The lowest BCUT2D eigenvalue weighted by atomic mass is 9.99. The summed E-state index contributed by atoms with van der Waals surface area (Å²) in [5, 5.41) is 8.53. The molecule has 0 spiro atoms. The van der Waals surface area contributed by atoms with Crippen LogP contribution in [0.15, 0.2) is 17.7 Å². The number of hydrogen-bond acceptors (Lipinski definition) is 2. The van der Waals surface area contributed by atoms with Gasteiger partial charge < -0.3 is 9.84 Å². The van der Waals surface area contributed by atoms with Crippen molar-refractivity contribution in [2.45, 2.75) is 18.7 Å². The summed E-state index contributed by atoms with van der Waals surface area (Å²) in [6.45, 7) is 0. The van der Waals surface area contributed by atoms with Crippen LogP contribution in [-0.4, -0.2) is 23.4 Å². The Morgan fingerprint density at radius 2 is 2.05 bits per heavy atom. The van der Waals surface area contributed by atoms with E-state index in [-0.39, 0.29) is 10.6 Å². The van der Waals surface area contributed by atoms with Gasteiger partial charge >= 0.3 is 12.1 Å². The van der Waals surface area contributed by atoms with Crippen LogP contribution in [0.4, 0.5) is 22.0 Å². The number of alkyl halides is 5. The number of carbonyl (C=O) groups is 1. The standard InChI is InChI=1S/C12H6ClF5O3/c13-5-1-4-2-7(11(19)20)9(12(16,17)18)21-8(4)6(3-5)10(14)15/h1-3,9-10H,(H,19,20)/t9-/m0/s1/i10D. The van der Waals surface area contributed by atoms with Crippen molar-refractivity contribution in [2.75, 3.05) is 0 Å². The van der Waals surface area contributed by atoms with Gasteiger partial charge in [0.15, 0.2) is 0 Å². The van der Waals surface area contributed by atoms with Crippen molar-refractivity contribution in [2.24, 2.45) is 0 Å². The van der Waals surface area contributed by atoms with Gasteiger partial charge in [-0.15, -0.1) is 0 Å². The Kier molecular flexibility index (Phi) is 3.48. The van der Waals surface area contributed by atoms with E-state index >= 15 is 0 Å². The van der Waals surface area contributed by atoms with Gasteiger partial charge in [-0.05, 0) is 18.2 Å². The molecule has 0 unspecified atom stereocenters. The van der Waals surface area contributed by atoms with Crippen LogP contribution in [0, 0.1) is 0 Å². The first-order chi connectivity index (χ1) is 9.91. The second-order valence-corrected chi connectivity index (χ2v) is 4.51. The smallest absolute Gasteiger partial charge is 0.430 e. The van der Waals surface area contributed by atoms with Crippen LogP contribution >= 0.6 is 11.6 Å². The molecule has 9 heteroatoms. The molecule has 1 aromatic carbocycles. The summed E-state index contributed by atoms with van der Waals surface area (Å²) < 4.78 is 76.1. The molecule has 0 saturated carbocycles. The minimum Gasteiger partial charge on any atom is -0.478 e. The topological polar surface area (TPSA) is 46.5 Å². The monoisotopic (exact) mass is 329 g/mol. The van der Waals surface area contributed by atoms with E-state index in [1.165, 1.54) is 0 Å². The molecule has 1 atom stereocenters. The van der Waals surface area contributed by atoms with E-state index in [1.54, 1.807) is 0 Å². The number of rotatable bonds is 2. The molecule has 1 aliphatic rings.